The fraction of sp³-hybridized carbons (Fsp3) is 0.320. The molecular formula is C25H28N2O3. The van der Waals surface area contributed by atoms with Crippen LogP contribution in [0.5, 0.6) is 0 Å². The molecule has 0 aliphatic heterocycles. The lowest BCUT2D eigenvalue weighted by Gasteiger charge is -2.27. The normalized spacial score (nSPS) is 11.0. The maximum atomic E-state index is 12.9. The predicted molar refractivity (Wildman–Crippen MR) is 118 cm³/mol. The van der Waals surface area contributed by atoms with Gasteiger partial charge in [-0.05, 0) is 44.4 Å². The van der Waals surface area contributed by atoms with Crippen molar-refractivity contribution in [1.82, 2.24) is 9.88 Å². The summed E-state index contributed by atoms with van der Waals surface area (Å²) in [6, 6.07) is 17.5. The summed E-state index contributed by atoms with van der Waals surface area (Å²) in [6.07, 6.45) is 0.607. The molecule has 3 aromatic rings. The maximum absolute atomic E-state index is 12.9. The number of amides is 1. The van der Waals surface area contributed by atoms with Crippen LogP contribution in [0.3, 0.4) is 0 Å². The SMILES string of the molecule is CCc1nc2ccccc2c(C)c1C(=O)OCC(=O)N(Cc1ccccc1)C(C)C. The molecule has 0 unspecified atom stereocenters. The first-order chi connectivity index (χ1) is 14.4. The summed E-state index contributed by atoms with van der Waals surface area (Å²) in [4.78, 5) is 32.1. The predicted octanol–water partition coefficient (Wildman–Crippen LogP) is 4.70. The number of ether oxygens (including phenoxy) is 1. The third-order valence-electron chi connectivity index (χ3n) is 5.23. The van der Waals surface area contributed by atoms with Crippen molar-refractivity contribution in [2.24, 2.45) is 0 Å². The maximum Gasteiger partial charge on any atom is 0.340 e. The van der Waals surface area contributed by atoms with Gasteiger partial charge in [0.1, 0.15) is 0 Å². The highest BCUT2D eigenvalue weighted by molar-refractivity contribution is 5.99. The molecule has 0 aliphatic carbocycles. The zero-order valence-corrected chi connectivity index (χ0v) is 18.0. The molecule has 0 saturated heterocycles. The van der Waals surface area contributed by atoms with Crippen molar-refractivity contribution >= 4 is 22.8 Å². The largest absolute Gasteiger partial charge is 0.452 e. The van der Waals surface area contributed by atoms with E-state index in [-0.39, 0.29) is 18.6 Å². The first kappa shape index (κ1) is 21.5. The number of hydrogen-bond acceptors (Lipinski definition) is 4. The minimum atomic E-state index is -0.501. The Morgan fingerprint density at radius 2 is 1.70 bits per heavy atom. The molecule has 1 amide bonds. The van der Waals surface area contributed by atoms with Crippen molar-refractivity contribution in [2.45, 2.75) is 46.7 Å². The number of fused-ring (bicyclic) bond motifs is 1. The van der Waals surface area contributed by atoms with E-state index in [0.717, 1.165) is 22.0 Å². The van der Waals surface area contributed by atoms with Crippen molar-refractivity contribution in [2.75, 3.05) is 6.61 Å². The monoisotopic (exact) mass is 404 g/mol. The number of aromatic nitrogens is 1. The van der Waals surface area contributed by atoms with Crippen molar-refractivity contribution in [3.8, 4) is 0 Å². The van der Waals surface area contributed by atoms with Crippen molar-refractivity contribution in [1.29, 1.82) is 0 Å². The second-order valence-corrected chi connectivity index (χ2v) is 7.61. The quantitative estimate of drug-likeness (QED) is 0.536. The molecule has 0 saturated carbocycles. The first-order valence-electron chi connectivity index (χ1n) is 10.3. The molecule has 0 fully saturated rings. The van der Waals surface area contributed by atoms with Gasteiger partial charge in [0.25, 0.3) is 5.91 Å². The van der Waals surface area contributed by atoms with Gasteiger partial charge in [-0.15, -0.1) is 0 Å². The molecule has 30 heavy (non-hydrogen) atoms. The van der Waals surface area contributed by atoms with E-state index in [9.17, 15) is 9.59 Å². The smallest absolute Gasteiger partial charge is 0.340 e. The standard InChI is InChI=1S/C25H28N2O3/c1-5-21-24(18(4)20-13-9-10-14-22(20)26-21)25(29)30-16-23(28)27(17(2)3)15-19-11-7-6-8-12-19/h6-14,17H,5,15-16H2,1-4H3. The van der Waals surface area contributed by atoms with Crippen LogP contribution in [-0.2, 0) is 22.5 Å². The van der Waals surface area contributed by atoms with Crippen LogP contribution in [0.4, 0.5) is 0 Å². The molecule has 0 N–H and O–H groups in total. The molecular weight excluding hydrogens is 376 g/mol. The second-order valence-electron chi connectivity index (χ2n) is 7.61. The van der Waals surface area contributed by atoms with Crippen molar-refractivity contribution < 1.29 is 14.3 Å². The van der Waals surface area contributed by atoms with E-state index in [2.05, 4.69) is 4.98 Å². The van der Waals surface area contributed by atoms with Crippen LogP contribution in [0.1, 0.15) is 48.0 Å². The molecule has 1 heterocycles. The number of nitrogens with zero attached hydrogens (tertiary/aromatic N) is 2. The minimum absolute atomic E-state index is 0.00770. The summed E-state index contributed by atoms with van der Waals surface area (Å²) in [5.74, 6) is -0.717. The number of pyridine rings is 1. The third-order valence-corrected chi connectivity index (χ3v) is 5.23. The van der Waals surface area contributed by atoms with Crippen LogP contribution in [0, 0.1) is 6.92 Å². The second kappa shape index (κ2) is 9.53. The van der Waals surface area contributed by atoms with Crippen LogP contribution in [0.15, 0.2) is 54.6 Å². The average Bonchev–Trinajstić information content (AvgIpc) is 2.76. The third kappa shape index (κ3) is 4.67. The van der Waals surface area contributed by atoms with Gasteiger partial charge in [0.2, 0.25) is 0 Å². The molecule has 0 atom stereocenters. The molecule has 5 nitrogen and oxygen atoms in total. The Bertz CT molecular complexity index is 1040. The summed E-state index contributed by atoms with van der Waals surface area (Å²) in [6.45, 7) is 7.95. The van der Waals surface area contributed by atoms with Crippen LogP contribution in [-0.4, -0.2) is 34.4 Å². The van der Waals surface area contributed by atoms with Crippen LogP contribution < -0.4 is 0 Å². The first-order valence-corrected chi connectivity index (χ1v) is 10.3. The lowest BCUT2D eigenvalue weighted by molar-refractivity contribution is -0.136. The summed E-state index contributed by atoms with van der Waals surface area (Å²) < 4.78 is 5.46. The Morgan fingerprint density at radius 1 is 1.03 bits per heavy atom. The van der Waals surface area contributed by atoms with E-state index >= 15 is 0 Å². The minimum Gasteiger partial charge on any atom is -0.452 e. The van der Waals surface area contributed by atoms with E-state index in [4.69, 9.17) is 4.74 Å². The van der Waals surface area contributed by atoms with E-state index in [1.165, 1.54) is 0 Å². The van der Waals surface area contributed by atoms with Gasteiger partial charge in [0.15, 0.2) is 6.61 Å². The number of aryl methyl sites for hydroxylation is 2. The summed E-state index contributed by atoms with van der Waals surface area (Å²) >= 11 is 0. The average molecular weight is 405 g/mol. The molecule has 2 aromatic carbocycles. The Hall–Kier alpha value is -3.21. The van der Waals surface area contributed by atoms with Gasteiger partial charge in [-0.3, -0.25) is 9.78 Å². The van der Waals surface area contributed by atoms with Crippen molar-refractivity contribution in [3.63, 3.8) is 0 Å². The zero-order chi connectivity index (χ0) is 21.7. The molecule has 3 rings (SSSR count). The van der Waals surface area contributed by atoms with E-state index in [1.54, 1.807) is 4.90 Å². The molecule has 0 radical (unpaired) electrons. The molecule has 0 aliphatic rings. The van der Waals surface area contributed by atoms with Gasteiger partial charge in [-0.1, -0.05) is 55.5 Å². The number of benzene rings is 2. The Morgan fingerprint density at radius 3 is 2.37 bits per heavy atom. The van der Waals surface area contributed by atoms with Crippen molar-refractivity contribution in [3.05, 3.63) is 77.0 Å². The molecule has 0 spiro atoms. The number of hydrogen-bond donors (Lipinski definition) is 0. The topological polar surface area (TPSA) is 59.5 Å². The highest BCUT2D eigenvalue weighted by atomic mass is 16.5. The van der Waals surface area contributed by atoms with Crippen LogP contribution >= 0.6 is 0 Å². The van der Waals surface area contributed by atoms with Gasteiger partial charge in [0, 0.05) is 18.0 Å². The van der Waals surface area contributed by atoms with Gasteiger partial charge in [0.05, 0.1) is 16.8 Å². The summed E-state index contributed by atoms with van der Waals surface area (Å²) in [5, 5.41) is 0.917. The highest BCUT2D eigenvalue weighted by Crippen LogP contribution is 2.24. The van der Waals surface area contributed by atoms with Gasteiger partial charge < -0.3 is 9.64 Å². The highest BCUT2D eigenvalue weighted by Gasteiger charge is 2.23. The summed E-state index contributed by atoms with van der Waals surface area (Å²) in [7, 11) is 0. The molecule has 5 heteroatoms. The van der Waals surface area contributed by atoms with E-state index < -0.39 is 5.97 Å². The lowest BCUT2D eigenvalue weighted by atomic mass is 10.0. The Kier molecular flexibility index (Phi) is 6.83. The molecule has 1 aromatic heterocycles. The number of rotatable bonds is 7. The summed E-state index contributed by atoms with van der Waals surface area (Å²) in [5.41, 5.74) is 3.87. The Labute approximate surface area is 177 Å². The number of esters is 1. The molecule has 156 valence electrons. The van der Waals surface area contributed by atoms with Gasteiger partial charge >= 0.3 is 5.97 Å². The van der Waals surface area contributed by atoms with Gasteiger partial charge in [-0.25, -0.2) is 4.79 Å². The van der Waals surface area contributed by atoms with E-state index in [0.29, 0.717) is 24.2 Å². The zero-order valence-electron chi connectivity index (χ0n) is 18.0. The number of carbonyl (C=O) groups is 2. The number of para-hydroxylation sites is 1. The number of carbonyl (C=O) groups excluding carboxylic acids is 2. The Balaban J connectivity index is 1.77. The fourth-order valence-electron chi connectivity index (χ4n) is 3.59. The fourth-order valence-corrected chi connectivity index (χ4v) is 3.59. The van der Waals surface area contributed by atoms with Gasteiger partial charge in [-0.2, -0.15) is 0 Å². The molecule has 0 bridgehead atoms. The lowest BCUT2D eigenvalue weighted by Crippen LogP contribution is -2.39. The van der Waals surface area contributed by atoms with E-state index in [1.807, 2.05) is 82.3 Å². The van der Waals surface area contributed by atoms with Crippen LogP contribution in [0.2, 0.25) is 0 Å². The van der Waals surface area contributed by atoms with Crippen LogP contribution in [0.25, 0.3) is 10.9 Å².